The molecule has 0 saturated carbocycles. The smallest absolute Gasteiger partial charge is 0.284 e. The van der Waals surface area contributed by atoms with Gasteiger partial charge in [-0.25, -0.2) is 5.48 Å². The predicted molar refractivity (Wildman–Crippen MR) is 97.5 cm³/mol. The largest absolute Gasteiger partial charge is 0.491 e. The van der Waals surface area contributed by atoms with Crippen molar-refractivity contribution in [1.82, 2.24) is 15.3 Å². The molecule has 0 aliphatic carbocycles. The van der Waals surface area contributed by atoms with E-state index in [4.69, 9.17) is 14.7 Å². The van der Waals surface area contributed by atoms with Gasteiger partial charge in [0, 0.05) is 6.20 Å². The molecule has 3 rings (SSSR count). The molecule has 3 aromatic rings. The Hall–Kier alpha value is -2.68. The lowest BCUT2D eigenvalue weighted by molar-refractivity contribution is 0.0711. The molecule has 1 aromatic carbocycles. The van der Waals surface area contributed by atoms with Gasteiger partial charge in [-0.1, -0.05) is 18.2 Å². The van der Waals surface area contributed by atoms with E-state index >= 15 is 0 Å². The van der Waals surface area contributed by atoms with Gasteiger partial charge in [0.1, 0.15) is 18.1 Å². The van der Waals surface area contributed by atoms with E-state index in [0.717, 1.165) is 16.3 Å². The Kier molecular flexibility index (Phi) is 6.37. The van der Waals surface area contributed by atoms with E-state index in [2.05, 4.69) is 5.10 Å². The fourth-order valence-corrected chi connectivity index (χ4v) is 3.13. The first-order chi connectivity index (χ1) is 12.8. The lowest BCUT2D eigenvalue weighted by Gasteiger charge is -2.07. The maximum absolute atomic E-state index is 11.4. The van der Waals surface area contributed by atoms with Crippen LogP contribution in [0.15, 0.2) is 54.7 Å². The summed E-state index contributed by atoms with van der Waals surface area (Å²) in [5.74, 6) is 0.310. The van der Waals surface area contributed by atoms with Crippen molar-refractivity contribution in [3.8, 4) is 16.3 Å². The van der Waals surface area contributed by atoms with Gasteiger partial charge in [-0.3, -0.25) is 14.7 Å². The first-order valence-corrected chi connectivity index (χ1v) is 8.91. The third-order valence-corrected chi connectivity index (χ3v) is 4.64. The van der Waals surface area contributed by atoms with E-state index in [1.807, 2.05) is 42.6 Å². The van der Waals surface area contributed by atoms with Gasteiger partial charge < -0.3 is 9.47 Å². The Morgan fingerprint density at radius 2 is 1.96 bits per heavy atom. The second kappa shape index (κ2) is 9.14. The molecule has 0 aliphatic rings. The second-order valence-corrected chi connectivity index (χ2v) is 6.43. The molecule has 0 aliphatic heterocycles. The zero-order valence-electron chi connectivity index (χ0n) is 14.0. The summed E-state index contributed by atoms with van der Waals surface area (Å²) >= 11 is 1.27. The molecule has 0 bridgehead atoms. The van der Waals surface area contributed by atoms with Crippen LogP contribution in [0.4, 0.5) is 0 Å². The number of nitrogens with one attached hydrogen (secondary N) is 1. The highest BCUT2D eigenvalue weighted by atomic mass is 32.1. The predicted octanol–water partition coefficient (Wildman–Crippen LogP) is 2.83. The minimum absolute atomic E-state index is 0.429. The van der Waals surface area contributed by atoms with Crippen LogP contribution in [0.2, 0.25) is 0 Å². The number of thiophene rings is 1. The van der Waals surface area contributed by atoms with Crippen LogP contribution in [0.5, 0.6) is 5.75 Å². The highest BCUT2D eigenvalue weighted by Crippen LogP contribution is 2.26. The molecule has 0 unspecified atom stereocenters. The lowest BCUT2D eigenvalue weighted by atomic mass is 10.3. The summed E-state index contributed by atoms with van der Waals surface area (Å²) < 4.78 is 12.9. The molecule has 2 N–H and O–H groups in total. The van der Waals surface area contributed by atoms with Crippen molar-refractivity contribution in [1.29, 1.82) is 0 Å². The van der Waals surface area contributed by atoms with Crippen LogP contribution >= 0.6 is 11.3 Å². The molecule has 26 heavy (non-hydrogen) atoms. The summed E-state index contributed by atoms with van der Waals surface area (Å²) in [6.07, 6.45) is 1.87. The van der Waals surface area contributed by atoms with Crippen molar-refractivity contribution in [3.05, 3.63) is 59.6 Å². The van der Waals surface area contributed by atoms with Gasteiger partial charge in [0.2, 0.25) is 0 Å². The van der Waals surface area contributed by atoms with Crippen molar-refractivity contribution in [2.24, 2.45) is 0 Å². The number of nitrogens with zero attached hydrogens (tertiary/aromatic N) is 2. The standard InChI is InChI=1S/C18H19N3O4S/c22-18(20-23)17-7-6-16(26-17)15-8-9-21(19-15)10-11-24-12-13-25-14-4-2-1-3-5-14/h1-9,23H,10-13H2,(H,20,22). The summed E-state index contributed by atoms with van der Waals surface area (Å²) in [5.41, 5.74) is 2.40. The van der Waals surface area contributed by atoms with Crippen LogP contribution in [0.3, 0.4) is 0 Å². The molecule has 0 atom stereocenters. The number of hydroxylamine groups is 1. The van der Waals surface area contributed by atoms with E-state index in [-0.39, 0.29) is 0 Å². The van der Waals surface area contributed by atoms with Gasteiger partial charge in [0.15, 0.2) is 0 Å². The van der Waals surface area contributed by atoms with Gasteiger partial charge >= 0.3 is 0 Å². The van der Waals surface area contributed by atoms with Gasteiger partial charge in [0.25, 0.3) is 5.91 Å². The average molecular weight is 373 g/mol. The van der Waals surface area contributed by atoms with Crippen LogP contribution in [-0.2, 0) is 11.3 Å². The molecule has 2 aromatic heterocycles. The summed E-state index contributed by atoms with van der Waals surface area (Å²) in [6.45, 7) is 2.16. The van der Waals surface area contributed by atoms with Gasteiger partial charge in [0.05, 0.1) is 29.5 Å². The van der Waals surface area contributed by atoms with Crippen LogP contribution in [0, 0.1) is 0 Å². The molecular weight excluding hydrogens is 354 g/mol. The minimum Gasteiger partial charge on any atom is -0.491 e. The van der Waals surface area contributed by atoms with Gasteiger partial charge in [-0.15, -0.1) is 11.3 Å². The fraction of sp³-hybridized carbons (Fsp3) is 0.222. The number of ether oxygens (including phenoxy) is 2. The average Bonchev–Trinajstić information content (AvgIpc) is 3.34. The quantitative estimate of drug-likeness (QED) is 0.342. The second-order valence-electron chi connectivity index (χ2n) is 5.34. The molecule has 1 amide bonds. The molecule has 7 nitrogen and oxygen atoms in total. The van der Waals surface area contributed by atoms with Crippen LogP contribution in [-0.4, -0.2) is 40.7 Å². The first kappa shape index (κ1) is 18.1. The zero-order chi connectivity index (χ0) is 18.2. The highest BCUT2D eigenvalue weighted by Gasteiger charge is 2.11. The summed E-state index contributed by atoms with van der Waals surface area (Å²) in [6, 6.07) is 15.0. The number of para-hydroxylation sites is 1. The molecule has 2 heterocycles. The maximum atomic E-state index is 11.4. The molecule has 136 valence electrons. The summed E-state index contributed by atoms with van der Waals surface area (Å²) in [5, 5.41) is 13.1. The van der Waals surface area contributed by atoms with Crippen molar-refractivity contribution in [2.45, 2.75) is 6.54 Å². The Labute approximate surface area is 154 Å². The van der Waals surface area contributed by atoms with Crippen molar-refractivity contribution < 1.29 is 19.5 Å². The van der Waals surface area contributed by atoms with Crippen molar-refractivity contribution in [3.63, 3.8) is 0 Å². The number of carbonyl (C=O) groups is 1. The normalized spacial score (nSPS) is 10.7. The summed E-state index contributed by atoms with van der Waals surface area (Å²) in [4.78, 5) is 12.7. The van der Waals surface area contributed by atoms with E-state index < -0.39 is 5.91 Å². The topological polar surface area (TPSA) is 85.6 Å². The third-order valence-electron chi connectivity index (χ3n) is 3.53. The third kappa shape index (κ3) is 4.92. The van der Waals surface area contributed by atoms with E-state index in [1.165, 1.54) is 11.3 Å². The maximum Gasteiger partial charge on any atom is 0.284 e. The first-order valence-electron chi connectivity index (χ1n) is 8.10. The molecule has 0 spiro atoms. The number of amides is 1. The van der Waals surface area contributed by atoms with Crippen molar-refractivity contribution in [2.75, 3.05) is 19.8 Å². The monoisotopic (exact) mass is 373 g/mol. The van der Waals surface area contributed by atoms with Crippen molar-refractivity contribution >= 4 is 17.2 Å². The Balaban J connectivity index is 1.40. The van der Waals surface area contributed by atoms with Crippen LogP contribution < -0.4 is 10.2 Å². The van der Waals surface area contributed by atoms with Gasteiger partial charge in [-0.2, -0.15) is 5.10 Å². The zero-order valence-corrected chi connectivity index (χ0v) is 14.8. The fourth-order valence-electron chi connectivity index (χ4n) is 2.27. The highest BCUT2D eigenvalue weighted by molar-refractivity contribution is 7.17. The van der Waals surface area contributed by atoms with E-state index in [9.17, 15) is 4.79 Å². The number of aromatic nitrogens is 2. The Morgan fingerprint density at radius 1 is 1.12 bits per heavy atom. The minimum atomic E-state index is -0.521. The Bertz CT molecular complexity index is 832. The molecule has 8 heteroatoms. The number of rotatable bonds is 9. The summed E-state index contributed by atoms with van der Waals surface area (Å²) in [7, 11) is 0. The molecular formula is C18H19N3O4S. The number of hydrogen-bond donors (Lipinski definition) is 2. The van der Waals surface area contributed by atoms with Gasteiger partial charge in [-0.05, 0) is 30.3 Å². The SMILES string of the molecule is O=C(NO)c1ccc(-c2ccn(CCOCCOc3ccccc3)n2)s1. The number of hydrogen-bond acceptors (Lipinski definition) is 6. The molecule has 0 radical (unpaired) electrons. The number of carbonyl (C=O) groups excluding carboxylic acids is 1. The Morgan fingerprint density at radius 3 is 2.77 bits per heavy atom. The van der Waals surface area contributed by atoms with E-state index in [0.29, 0.717) is 31.2 Å². The number of benzene rings is 1. The van der Waals surface area contributed by atoms with Crippen LogP contribution in [0.25, 0.3) is 10.6 Å². The lowest BCUT2D eigenvalue weighted by Crippen LogP contribution is -2.16. The van der Waals surface area contributed by atoms with E-state index in [1.54, 1.807) is 22.3 Å². The molecule has 0 saturated heterocycles. The van der Waals surface area contributed by atoms with Crippen LogP contribution in [0.1, 0.15) is 9.67 Å². The molecule has 0 fully saturated rings.